The smallest absolute Gasteiger partial charge is 0.260 e. The molecule has 4 nitrogen and oxygen atoms in total. The molecule has 1 atom stereocenters. The minimum Gasteiger partial charge on any atom is -0.375 e. The minimum atomic E-state index is -1.42. The van der Waals surface area contributed by atoms with E-state index in [-0.39, 0.29) is 17.0 Å². The van der Waals surface area contributed by atoms with Crippen LogP contribution in [0.3, 0.4) is 0 Å². The van der Waals surface area contributed by atoms with Gasteiger partial charge in [0.25, 0.3) is 5.91 Å². The van der Waals surface area contributed by atoms with Gasteiger partial charge in [0.15, 0.2) is 11.4 Å². The van der Waals surface area contributed by atoms with E-state index in [9.17, 15) is 14.7 Å². The summed E-state index contributed by atoms with van der Waals surface area (Å²) in [5.41, 5.74) is -1.42. The molecule has 0 radical (unpaired) electrons. The second kappa shape index (κ2) is 4.68. The molecule has 1 saturated heterocycles. The zero-order valence-corrected chi connectivity index (χ0v) is 12.7. The van der Waals surface area contributed by atoms with Gasteiger partial charge in [-0.2, -0.15) is 0 Å². The van der Waals surface area contributed by atoms with E-state index < -0.39 is 5.60 Å². The quantitative estimate of drug-likeness (QED) is 0.671. The molecule has 2 heterocycles. The normalized spacial score (nSPS) is 27.1. The summed E-state index contributed by atoms with van der Waals surface area (Å²) < 4.78 is 0. The Kier molecular flexibility index (Phi) is 3.27. The topological polar surface area (TPSA) is 57.6 Å². The van der Waals surface area contributed by atoms with Crippen molar-refractivity contribution in [1.82, 2.24) is 4.90 Å². The number of rotatable bonds is 4. The van der Waals surface area contributed by atoms with Crippen LogP contribution in [0.2, 0.25) is 0 Å². The predicted molar refractivity (Wildman–Crippen MR) is 75.7 cm³/mol. The molecule has 1 aromatic rings. The highest BCUT2D eigenvalue weighted by Gasteiger charge is 2.51. The summed E-state index contributed by atoms with van der Waals surface area (Å²) >= 11 is 4.35. The number of hydrogen-bond donors (Lipinski definition) is 1. The van der Waals surface area contributed by atoms with Gasteiger partial charge < -0.3 is 10.0 Å². The first kappa shape index (κ1) is 13.3. The molecule has 0 spiro atoms. The second-order valence-electron chi connectivity index (χ2n) is 5.06. The van der Waals surface area contributed by atoms with Crippen molar-refractivity contribution in [3.63, 3.8) is 0 Å². The molecule has 19 heavy (non-hydrogen) atoms. The van der Waals surface area contributed by atoms with E-state index in [1.54, 1.807) is 17.0 Å². The maximum atomic E-state index is 12.3. The van der Waals surface area contributed by atoms with Crippen molar-refractivity contribution in [1.29, 1.82) is 0 Å². The van der Waals surface area contributed by atoms with Crippen LogP contribution in [-0.2, 0) is 10.4 Å². The molecule has 1 saturated carbocycles. The molecule has 1 aromatic heterocycles. The van der Waals surface area contributed by atoms with Crippen LogP contribution in [0, 0.1) is 0 Å². The standard InChI is InChI=1S/C13H14BrNO3S/c14-7-9(16)10-3-4-11(19-10)13(18)5-6-15(12(13)17)8-1-2-8/h3-4,8,18H,1-2,5-7H2. The number of aliphatic hydroxyl groups is 1. The number of alkyl halides is 1. The molecule has 1 amide bonds. The Labute approximate surface area is 123 Å². The van der Waals surface area contributed by atoms with Crippen LogP contribution in [0.15, 0.2) is 12.1 Å². The molecule has 0 aromatic carbocycles. The Morgan fingerprint density at radius 1 is 1.53 bits per heavy atom. The van der Waals surface area contributed by atoms with E-state index in [4.69, 9.17) is 0 Å². The van der Waals surface area contributed by atoms with Gasteiger partial charge in [0.05, 0.1) is 10.2 Å². The van der Waals surface area contributed by atoms with Crippen molar-refractivity contribution in [3.05, 3.63) is 21.9 Å². The third-order valence-electron chi connectivity index (χ3n) is 3.73. The zero-order chi connectivity index (χ0) is 13.6. The first-order valence-corrected chi connectivity index (χ1v) is 8.23. The van der Waals surface area contributed by atoms with Crippen molar-refractivity contribution in [2.75, 3.05) is 11.9 Å². The van der Waals surface area contributed by atoms with Crippen LogP contribution in [-0.4, -0.2) is 39.6 Å². The number of Topliss-reactive ketones (excluding diaryl/α,β-unsaturated/α-hetero) is 1. The monoisotopic (exact) mass is 343 g/mol. The SMILES string of the molecule is O=C(CBr)c1ccc(C2(O)CCN(C3CC3)C2=O)s1. The molecule has 1 N–H and O–H groups in total. The lowest BCUT2D eigenvalue weighted by Crippen LogP contribution is -2.38. The van der Waals surface area contributed by atoms with Crippen molar-refractivity contribution in [2.45, 2.75) is 30.9 Å². The maximum Gasteiger partial charge on any atom is 0.260 e. The summed E-state index contributed by atoms with van der Waals surface area (Å²) in [6.07, 6.45) is 2.50. The van der Waals surface area contributed by atoms with E-state index in [0.29, 0.717) is 28.8 Å². The number of ketones is 1. The lowest BCUT2D eigenvalue weighted by molar-refractivity contribution is -0.144. The third-order valence-corrected chi connectivity index (χ3v) is 5.51. The fourth-order valence-electron chi connectivity index (χ4n) is 2.47. The van der Waals surface area contributed by atoms with Gasteiger partial charge in [-0.25, -0.2) is 0 Å². The molecule has 3 rings (SSSR count). The van der Waals surface area contributed by atoms with Crippen LogP contribution < -0.4 is 0 Å². The largest absolute Gasteiger partial charge is 0.375 e. The van der Waals surface area contributed by atoms with Crippen molar-refractivity contribution >= 4 is 39.0 Å². The summed E-state index contributed by atoms with van der Waals surface area (Å²) in [5, 5.41) is 10.9. The fraction of sp³-hybridized carbons (Fsp3) is 0.538. The molecular formula is C13H14BrNO3S. The van der Waals surface area contributed by atoms with Gasteiger partial charge in [0, 0.05) is 23.9 Å². The van der Waals surface area contributed by atoms with E-state index in [0.717, 1.165) is 12.8 Å². The van der Waals surface area contributed by atoms with Gasteiger partial charge in [-0.1, -0.05) is 15.9 Å². The molecule has 6 heteroatoms. The maximum absolute atomic E-state index is 12.3. The molecule has 102 valence electrons. The Hall–Kier alpha value is -0.720. The van der Waals surface area contributed by atoms with Crippen molar-refractivity contribution in [2.24, 2.45) is 0 Å². The third kappa shape index (κ3) is 2.15. The molecule has 1 aliphatic heterocycles. The van der Waals surface area contributed by atoms with Crippen LogP contribution >= 0.6 is 27.3 Å². The fourth-order valence-corrected chi connectivity index (χ4v) is 4.01. The number of carbonyl (C=O) groups is 2. The number of nitrogens with zero attached hydrogens (tertiary/aromatic N) is 1. The van der Waals surface area contributed by atoms with E-state index in [2.05, 4.69) is 15.9 Å². The second-order valence-corrected chi connectivity index (χ2v) is 6.71. The first-order valence-electron chi connectivity index (χ1n) is 6.29. The average Bonchev–Trinajstić information content (AvgIpc) is 3.03. The van der Waals surface area contributed by atoms with E-state index in [1.165, 1.54) is 11.3 Å². The van der Waals surface area contributed by atoms with Crippen LogP contribution in [0.25, 0.3) is 0 Å². The Morgan fingerprint density at radius 3 is 2.89 bits per heavy atom. The van der Waals surface area contributed by atoms with Crippen LogP contribution in [0.1, 0.15) is 33.8 Å². The summed E-state index contributed by atoms with van der Waals surface area (Å²) in [6.45, 7) is 0.611. The molecule has 1 unspecified atom stereocenters. The van der Waals surface area contributed by atoms with Gasteiger partial charge in [-0.05, 0) is 25.0 Å². The molecule has 1 aliphatic carbocycles. The average molecular weight is 344 g/mol. The highest BCUT2D eigenvalue weighted by atomic mass is 79.9. The number of hydrogen-bond acceptors (Lipinski definition) is 4. The Balaban J connectivity index is 1.86. The lowest BCUT2D eigenvalue weighted by atomic mass is 10.0. The van der Waals surface area contributed by atoms with Gasteiger partial charge in [-0.3, -0.25) is 9.59 Å². The van der Waals surface area contributed by atoms with Crippen LogP contribution in [0.5, 0.6) is 0 Å². The first-order chi connectivity index (χ1) is 9.06. The summed E-state index contributed by atoms with van der Waals surface area (Å²) in [5.74, 6) is -0.223. The van der Waals surface area contributed by atoms with Crippen molar-refractivity contribution < 1.29 is 14.7 Å². The molecular weight excluding hydrogens is 330 g/mol. The molecule has 0 bridgehead atoms. The minimum absolute atomic E-state index is 0.0238. The van der Waals surface area contributed by atoms with Gasteiger partial charge >= 0.3 is 0 Å². The zero-order valence-electron chi connectivity index (χ0n) is 10.3. The van der Waals surface area contributed by atoms with Gasteiger partial charge in [0.1, 0.15) is 0 Å². The van der Waals surface area contributed by atoms with Crippen molar-refractivity contribution in [3.8, 4) is 0 Å². The number of thiophene rings is 1. The summed E-state index contributed by atoms with van der Waals surface area (Å²) in [4.78, 5) is 26.9. The van der Waals surface area contributed by atoms with Crippen LogP contribution in [0.4, 0.5) is 0 Å². The summed E-state index contributed by atoms with van der Waals surface area (Å²) in [7, 11) is 0. The molecule has 2 aliphatic rings. The number of likely N-dealkylation sites (tertiary alicyclic amines) is 1. The van der Waals surface area contributed by atoms with Gasteiger partial charge in [0.2, 0.25) is 0 Å². The van der Waals surface area contributed by atoms with Gasteiger partial charge in [-0.15, -0.1) is 11.3 Å². The number of amides is 1. The number of halogens is 1. The predicted octanol–water partition coefficient (Wildman–Crippen LogP) is 1.91. The highest BCUT2D eigenvalue weighted by Crippen LogP contribution is 2.41. The van der Waals surface area contributed by atoms with E-state index >= 15 is 0 Å². The molecule has 2 fully saturated rings. The summed E-state index contributed by atoms with van der Waals surface area (Å²) in [6, 6.07) is 3.72. The highest BCUT2D eigenvalue weighted by molar-refractivity contribution is 9.09. The Bertz CT molecular complexity index is 540. The Morgan fingerprint density at radius 2 is 2.26 bits per heavy atom. The van der Waals surface area contributed by atoms with E-state index in [1.807, 2.05) is 0 Å². The lowest BCUT2D eigenvalue weighted by Gasteiger charge is -2.21. The number of carbonyl (C=O) groups excluding carboxylic acids is 2.